The number of hydrogen-bond donors (Lipinski definition) is 0. The highest BCUT2D eigenvalue weighted by Gasteiger charge is 2.47. The molecule has 0 aromatic rings. The van der Waals surface area contributed by atoms with Crippen molar-refractivity contribution < 1.29 is 13.2 Å². The van der Waals surface area contributed by atoms with Crippen LogP contribution in [-0.2, 0) is 0 Å². The zero-order chi connectivity index (χ0) is 10.9. The van der Waals surface area contributed by atoms with Crippen LogP contribution < -0.4 is 0 Å². The van der Waals surface area contributed by atoms with Crippen molar-refractivity contribution in [2.45, 2.75) is 51.9 Å². The standard InChI is InChI=1S/C10H18F3N/c1-7(2)8(3)14-6-4-5-9(14)10(11,12)13/h7-9H,4-6H2,1-3H3/t8-,9?/m1/s1. The number of nitrogens with zero attached hydrogens (tertiary/aromatic N) is 1. The molecule has 4 heteroatoms. The second-order valence-electron chi connectivity index (χ2n) is 4.42. The molecule has 14 heavy (non-hydrogen) atoms. The minimum absolute atomic E-state index is 0.0177. The van der Waals surface area contributed by atoms with E-state index >= 15 is 0 Å². The van der Waals surface area contributed by atoms with E-state index in [2.05, 4.69) is 0 Å². The number of hydrogen-bond acceptors (Lipinski definition) is 1. The van der Waals surface area contributed by atoms with E-state index in [0.717, 1.165) is 0 Å². The first-order valence-corrected chi connectivity index (χ1v) is 5.16. The van der Waals surface area contributed by atoms with Crippen molar-refractivity contribution in [3.8, 4) is 0 Å². The molecule has 0 saturated carbocycles. The monoisotopic (exact) mass is 209 g/mol. The Morgan fingerprint density at radius 2 is 1.79 bits per heavy atom. The molecule has 1 aliphatic rings. The second kappa shape index (κ2) is 4.09. The molecule has 84 valence electrons. The molecular weight excluding hydrogens is 191 g/mol. The first-order valence-electron chi connectivity index (χ1n) is 5.16. The van der Waals surface area contributed by atoms with Crippen LogP contribution in [0.2, 0.25) is 0 Å². The van der Waals surface area contributed by atoms with Crippen LogP contribution in [0.25, 0.3) is 0 Å². The van der Waals surface area contributed by atoms with Gasteiger partial charge in [0.05, 0.1) is 0 Å². The lowest BCUT2D eigenvalue weighted by molar-refractivity contribution is -0.181. The summed E-state index contributed by atoms with van der Waals surface area (Å²) in [6.07, 6.45) is -3.12. The third-order valence-corrected chi connectivity index (χ3v) is 3.16. The first-order chi connectivity index (χ1) is 6.34. The van der Waals surface area contributed by atoms with Gasteiger partial charge in [-0.15, -0.1) is 0 Å². The van der Waals surface area contributed by atoms with E-state index in [4.69, 9.17) is 0 Å². The van der Waals surface area contributed by atoms with E-state index in [0.29, 0.717) is 13.0 Å². The van der Waals surface area contributed by atoms with Crippen LogP contribution in [0.15, 0.2) is 0 Å². The Labute approximate surface area is 83.3 Å². The van der Waals surface area contributed by atoms with E-state index in [-0.39, 0.29) is 18.4 Å². The highest BCUT2D eigenvalue weighted by atomic mass is 19.4. The van der Waals surface area contributed by atoms with Crippen molar-refractivity contribution in [3.05, 3.63) is 0 Å². The Kier molecular flexibility index (Phi) is 3.45. The van der Waals surface area contributed by atoms with Gasteiger partial charge in [0.1, 0.15) is 6.04 Å². The van der Waals surface area contributed by atoms with Crippen LogP contribution >= 0.6 is 0 Å². The van der Waals surface area contributed by atoms with Crippen LogP contribution in [0.3, 0.4) is 0 Å². The predicted molar refractivity (Wildman–Crippen MR) is 50.1 cm³/mol. The highest BCUT2D eigenvalue weighted by molar-refractivity contribution is 4.88. The smallest absolute Gasteiger partial charge is 0.289 e. The molecule has 0 spiro atoms. The summed E-state index contributed by atoms with van der Waals surface area (Å²) >= 11 is 0. The third kappa shape index (κ3) is 2.41. The van der Waals surface area contributed by atoms with Gasteiger partial charge in [-0.05, 0) is 32.2 Å². The summed E-state index contributed by atoms with van der Waals surface area (Å²) in [5.74, 6) is 0.276. The lowest BCUT2D eigenvalue weighted by Gasteiger charge is -2.34. The number of halogens is 3. The molecular formula is C10H18F3N. The van der Waals surface area contributed by atoms with E-state index in [1.54, 1.807) is 4.90 Å². The summed E-state index contributed by atoms with van der Waals surface area (Å²) in [6, 6.07) is -1.19. The molecule has 0 radical (unpaired) electrons. The SMILES string of the molecule is CC(C)[C@@H](C)N1CCCC1C(F)(F)F. The summed E-state index contributed by atoms with van der Waals surface area (Å²) in [5, 5.41) is 0. The van der Waals surface area contributed by atoms with Crippen molar-refractivity contribution in [1.29, 1.82) is 0 Å². The van der Waals surface area contributed by atoms with Crippen molar-refractivity contribution in [1.82, 2.24) is 4.90 Å². The number of likely N-dealkylation sites (tertiary alicyclic amines) is 1. The first kappa shape index (κ1) is 11.8. The highest BCUT2D eigenvalue weighted by Crippen LogP contribution is 2.34. The van der Waals surface area contributed by atoms with Crippen molar-refractivity contribution in [2.75, 3.05) is 6.54 Å². The molecule has 2 atom stereocenters. The zero-order valence-corrected chi connectivity index (χ0v) is 8.93. The average molecular weight is 209 g/mol. The Morgan fingerprint density at radius 1 is 1.21 bits per heavy atom. The second-order valence-corrected chi connectivity index (χ2v) is 4.42. The summed E-state index contributed by atoms with van der Waals surface area (Å²) in [4.78, 5) is 1.60. The minimum Gasteiger partial charge on any atom is -0.289 e. The molecule has 0 N–H and O–H groups in total. The van der Waals surface area contributed by atoms with E-state index in [9.17, 15) is 13.2 Å². The van der Waals surface area contributed by atoms with Crippen molar-refractivity contribution in [2.24, 2.45) is 5.92 Å². The van der Waals surface area contributed by atoms with E-state index < -0.39 is 12.2 Å². The molecule has 1 saturated heterocycles. The van der Waals surface area contributed by atoms with Crippen molar-refractivity contribution in [3.63, 3.8) is 0 Å². The lowest BCUT2D eigenvalue weighted by Crippen LogP contribution is -2.47. The molecule has 0 aromatic carbocycles. The Hall–Kier alpha value is -0.250. The van der Waals surface area contributed by atoms with Crippen LogP contribution in [0.5, 0.6) is 0 Å². The fraction of sp³-hybridized carbons (Fsp3) is 1.00. The molecule has 1 heterocycles. The average Bonchev–Trinajstić information content (AvgIpc) is 2.48. The van der Waals surface area contributed by atoms with Gasteiger partial charge < -0.3 is 0 Å². The molecule has 0 aliphatic carbocycles. The molecule has 0 aromatic heterocycles. The van der Waals surface area contributed by atoms with E-state index in [1.165, 1.54) is 0 Å². The molecule has 1 fully saturated rings. The van der Waals surface area contributed by atoms with Gasteiger partial charge in [-0.2, -0.15) is 13.2 Å². The maximum Gasteiger partial charge on any atom is 0.404 e. The number of rotatable bonds is 2. The third-order valence-electron chi connectivity index (χ3n) is 3.16. The molecule has 0 amide bonds. The lowest BCUT2D eigenvalue weighted by atomic mass is 10.0. The topological polar surface area (TPSA) is 3.24 Å². The summed E-state index contributed by atoms with van der Waals surface area (Å²) < 4.78 is 37.8. The van der Waals surface area contributed by atoms with Crippen LogP contribution in [0, 0.1) is 5.92 Å². The predicted octanol–water partition coefficient (Wildman–Crippen LogP) is 3.06. The van der Waals surface area contributed by atoms with Gasteiger partial charge in [0.25, 0.3) is 0 Å². The zero-order valence-electron chi connectivity index (χ0n) is 8.93. The molecule has 1 aliphatic heterocycles. The molecule has 1 nitrogen and oxygen atoms in total. The van der Waals surface area contributed by atoms with Crippen LogP contribution in [-0.4, -0.2) is 29.7 Å². The Morgan fingerprint density at radius 3 is 2.21 bits per heavy atom. The van der Waals surface area contributed by atoms with Crippen molar-refractivity contribution >= 4 is 0 Å². The van der Waals surface area contributed by atoms with Gasteiger partial charge in [-0.1, -0.05) is 13.8 Å². The van der Waals surface area contributed by atoms with E-state index in [1.807, 2.05) is 20.8 Å². The molecule has 0 bridgehead atoms. The Bertz CT molecular complexity index is 188. The fourth-order valence-electron chi connectivity index (χ4n) is 2.01. The van der Waals surface area contributed by atoms with Gasteiger partial charge in [0.15, 0.2) is 0 Å². The maximum atomic E-state index is 12.6. The van der Waals surface area contributed by atoms with Gasteiger partial charge in [-0.25, -0.2) is 0 Å². The fourth-order valence-corrected chi connectivity index (χ4v) is 2.01. The summed E-state index contributed by atoms with van der Waals surface area (Å²) in [7, 11) is 0. The maximum absolute atomic E-state index is 12.6. The van der Waals surface area contributed by atoms with Gasteiger partial charge in [0.2, 0.25) is 0 Å². The summed E-state index contributed by atoms with van der Waals surface area (Å²) in [5.41, 5.74) is 0. The van der Waals surface area contributed by atoms with Crippen LogP contribution in [0.1, 0.15) is 33.6 Å². The Balaban J connectivity index is 2.69. The largest absolute Gasteiger partial charge is 0.404 e. The van der Waals surface area contributed by atoms with Gasteiger partial charge in [-0.3, -0.25) is 4.90 Å². The molecule has 1 unspecified atom stereocenters. The number of alkyl halides is 3. The normalized spacial score (nSPS) is 27.2. The van der Waals surface area contributed by atoms with Gasteiger partial charge in [0, 0.05) is 6.04 Å². The van der Waals surface area contributed by atoms with Crippen LogP contribution in [0.4, 0.5) is 13.2 Å². The quantitative estimate of drug-likeness (QED) is 0.675. The summed E-state index contributed by atoms with van der Waals surface area (Å²) in [6.45, 7) is 6.41. The van der Waals surface area contributed by atoms with Gasteiger partial charge >= 0.3 is 6.18 Å². The molecule has 1 rings (SSSR count). The minimum atomic E-state index is -4.06.